The Kier molecular flexibility index (Phi) is 4.50. The lowest BCUT2D eigenvalue weighted by Crippen LogP contribution is -2.32. The summed E-state index contributed by atoms with van der Waals surface area (Å²) in [6, 6.07) is 8.95. The number of nitrogens with zero attached hydrogens (tertiary/aromatic N) is 1. The van der Waals surface area contributed by atoms with Crippen LogP contribution in [0.25, 0.3) is 0 Å². The van der Waals surface area contributed by atoms with Crippen molar-refractivity contribution in [3.8, 4) is 0 Å². The molecule has 0 aromatic heterocycles. The van der Waals surface area contributed by atoms with Crippen LogP contribution < -0.4 is 0 Å². The van der Waals surface area contributed by atoms with E-state index in [9.17, 15) is 4.79 Å². The molecule has 0 saturated heterocycles. The van der Waals surface area contributed by atoms with E-state index in [4.69, 9.17) is 9.94 Å². The standard InChI is InChI=1S/C14H17NO3/c16-10-8-12-5-4-9-15(11-12)18-14(17)13-6-2-1-3-7-13/h1-3,5-7,16H,4,8-11H2. The normalized spacial score (nSPS) is 16.2. The van der Waals surface area contributed by atoms with Crippen LogP contribution in [0.3, 0.4) is 0 Å². The zero-order valence-corrected chi connectivity index (χ0v) is 10.2. The maximum absolute atomic E-state index is 11.8. The Morgan fingerprint density at radius 3 is 2.83 bits per heavy atom. The average molecular weight is 247 g/mol. The van der Waals surface area contributed by atoms with E-state index < -0.39 is 0 Å². The molecule has 0 fully saturated rings. The van der Waals surface area contributed by atoms with Gasteiger partial charge >= 0.3 is 5.97 Å². The van der Waals surface area contributed by atoms with E-state index in [1.807, 2.05) is 18.2 Å². The third kappa shape index (κ3) is 3.42. The quantitative estimate of drug-likeness (QED) is 0.824. The molecule has 1 N–H and O–H groups in total. The maximum atomic E-state index is 11.8. The summed E-state index contributed by atoms with van der Waals surface area (Å²) < 4.78 is 0. The van der Waals surface area contributed by atoms with Gasteiger partial charge in [-0.15, -0.1) is 5.06 Å². The van der Waals surface area contributed by atoms with E-state index in [0.717, 1.165) is 12.0 Å². The molecule has 0 unspecified atom stereocenters. The second-order valence-corrected chi connectivity index (χ2v) is 4.23. The van der Waals surface area contributed by atoms with Gasteiger partial charge in [0.05, 0.1) is 12.1 Å². The minimum absolute atomic E-state index is 0.131. The SMILES string of the molecule is O=C(ON1CCC=C(CCO)C1)c1ccccc1. The van der Waals surface area contributed by atoms with E-state index in [0.29, 0.717) is 25.1 Å². The molecule has 0 bridgehead atoms. The zero-order valence-electron chi connectivity index (χ0n) is 10.2. The van der Waals surface area contributed by atoms with Crippen molar-refractivity contribution in [1.82, 2.24) is 5.06 Å². The number of aliphatic hydroxyl groups excluding tert-OH is 1. The minimum atomic E-state index is -0.333. The summed E-state index contributed by atoms with van der Waals surface area (Å²) in [7, 11) is 0. The van der Waals surface area contributed by atoms with Gasteiger partial charge in [0.25, 0.3) is 0 Å². The van der Waals surface area contributed by atoms with Gasteiger partial charge in [-0.2, -0.15) is 0 Å². The van der Waals surface area contributed by atoms with Crippen molar-refractivity contribution < 1.29 is 14.7 Å². The van der Waals surface area contributed by atoms with Gasteiger partial charge in [-0.25, -0.2) is 4.79 Å². The monoisotopic (exact) mass is 247 g/mol. The predicted octanol–water partition coefficient (Wildman–Crippen LogP) is 1.77. The van der Waals surface area contributed by atoms with Gasteiger partial charge in [0, 0.05) is 13.2 Å². The van der Waals surface area contributed by atoms with Crippen molar-refractivity contribution in [3.63, 3.8) is 0 Å². The summed E-state index contributed by atoms with van der Waals surface area (Å²) in [6.07, 6.45) is 3.58. The van der Waals surface area contributed by atoms with Crippen LogP contribution >= 0.6 is 0 Å². The van der Waals surface area contributed by atoms with Crippen LogP contribution in [0.5, 0.6) is 0 Å². The first-order valence-electron chi connectivity index (χ1n) is 6.10. The smallest absolute Gasteiger partial charge is 0.357 e. The van der Waals surface area contributed by atoms with Gasteiger partial charge in [-0.05, 0) is 25.0 Å². The summed E-state index contributed by atoms with van der Waals surface area (Å²) >= 11 is 0. The maximum Gasteiger partial charge on any atom is 0.357 e. The summed E-state index contributed by atoms with van der Waals surface area (Å²) in [5.74, 6) is -0.333. The number of rotatable bonds is 4. The molecule has 18 heavy (non-hydrogen) atoms. The van der Waals surface area contributed by atoms with E-state index in [1.165, 1.54) is 0 Å². The molecule has 0 atom stereocenters. The van der Waals surface area contributed by atoms with Crippen molar-refractivity contribution in [2.45, 2.75) is 12.8 Å². The van der Waals surface area contributed by atoms with Crippen molar-refractivity contribution in [2.24, 2.45) is 0 Å². The highest BCUT2D eigenvalue weighted by Crippen LogP contribution is 2.14. The first-order chi connectivity index (χ1) is 8.79. The first kappa shape index (κ1) is 12.8. The molecule has 1 aliphatic rings. The number of carbonyl (C=O) groups excluding carboxylic acids is 1. The van der Waals surface area contributed by atoms with Gasteiger partial charge in [0.2, 0.25) is 0 Å². The van der Waals surface area contributed by atoms with Crippen LogP contribution in [-0.2, 0) is 4.84 Å². The number of hydrogen-bond acceptors (Lipinski definition) is 4. The molecule has 0 saturated carbocycles. The largest absolute Gasteiger partial charge is 0.396 e. The first-order valence-corrected chi connectivity index (χ1v) is 6.10. The van der Waals surface area contributed by atoms with Gasteiger partial charge in [-0.1, -0.05) is 29.8 Å². The van der Waals surface area contributed by atoms with Gasteiger partial charge in [0.15, 0.2) is 0 Å². The molecule has 1 aromatic rings. The van der Waals surface area contributed by atoms with Crippen molar-refractivity contribution in [3.05, 3.63) is 47.5 Å². The lowest BCUT2D eigenvalue weighted by molar-refractivity contribution is -0.105. The Hall–Kier alpha value is -1.65. The average Bonchev–Trinajstić information content (AvgIpc) is 2.40. The fourth-order valence-electron chi connectivity index (χ4n) is 1.93. The van der Waals surface area contributed by atoms with Crippen molar-refractivity contribution in [2.75, 3.05) is 19.7 Å². The van der Waals surface area contributed by atoms with E-state index in [-0.39, 0.29) is 12.6 Å². The zero-order chi connectivity index (χ0) is 12.8. The topological polar surface area (TPSA) is 49.8 Å². The van der Waals surface area contributed by atoms with Crippen molar-refractivity contribution in [1.29, 1.82) is 0 Å². The second-order valence-electron chi connectivity index (χ2n) is 4.23. The highest BCUT2D eigenvalue weighted by Gasteiger charge is 2.17. The number of hydroxylamine groups is 2. The lowest BCUT2D eigenvalue weighted by Gasteiger charge is -2.25. The third-order valence-electron chi connectivity index (χ3n) is 2.85. The molecule has 2 rings (SSSR count). The Labute approximate surface area is 106 Å². The molecule has 96 valence electrons. The van der Waals surface area contributed by atoms with Crippen LogP contribution in [0.1, 0.15) is 23.2 Å². The van der Waals surface area contributed by atoms with Crippen LogP contribution in [0.2, 0.25) is 0 Å². The van der Waals surface area contributed by atoms with E-state index in [1.54, 1.807) is 17.2 Å². The van der Waals surface area contributed by atoms with Crippen LogP contribution in [-0.4, -0.2) is 35.8 Å². The van der Waals surface area contributed by atoms with Gasteiger partial charge in [0.1, 0.15) is 0 Å². The molecule has 4 heteroatoms. The highest BCUT2D eigenvalue weighted by molar-refractivity contribution is 5.89. The number of carbonyl (C=O) groups is 1. The fourth-order valence-corrected chi connectivity index (χ4v) is 1.93. The molecule has 0 aliphatic carbocycles. The van der Waals surface area contributed by atoms with Crippen LogP contribution in [0.4, 0.5) is 0 Å². The predicted molar refractivity (Wildman–Crippen MR) is 67.8 cm³/mol. The molecule has 1 aromatic carbocycles. The third-order valence-corrected chi connectivity index (χ3v) is 2.85. The minimum Gasteiger partial charge on any atom is -0.396 e. The Morgan fingerprint density at radius 1 is 1.33 bits per heavy atom. The highest BCUT2D eigenvalue weighted by atomic mass is 16.7. The molecular weight excluding hydrogens is 230 g/mol. The van der Waals surface area contributed by atoms with E-state index in [2.05, 4.69) is 6.08 Å². The van der Waals surface area contributed by atoms with Crippen molar-refractivity contribution >= 4 is 5.97 Å². The molecule has 0 radical (unpaired) electrons. The van der Waals surface area contributed by atoms with Gasteiger partial charge in [-0.3, -0.25) is 0 Å². The second kappa shape index (κ2) is 6.33. The molecule has 1 heterocycles. The fraction of sp³-hybridized carbons (Fsp3) is 0.357. The Bertz CT molecular complexity index is 428. The molecular formula is C14H17NO3. The summed E-state index contributed by atoms with van der Waals surface area (Å²) in [5, 5.41) is 10.6. The summed E-state index contributed by atoms with van der Waals surface area (Å²) in [4.78, 5) is 17.2. The molecule has 0 spiro atoms. The van der Waals surface area contributed by atoms with Crippen LogP contribution in [0, 0.1) is 0 Å². The number of benzene rings is 1. The molecule has 0 amide bonds. The molecule has 4 nitrogen and oxygen atoms in total. The Balaban J connectivity index is 1.91. The van der Waals surface area contributed by atoms with Gasteiger partial charge < -0.3 is 9.94 Å². The van der Waals surface area contributed by atoms with Crippen LogP contribution in [0.15, 0.2) is 42.0 Å². The summed E-state index contributed by atoms with van der Waals surface area (Å²) in [6.45, 7) is 1.42. The Morgan fingerprint density at radius 2 is 2.11 bits per heavy atom. The lowest BCUT2D eigenvalue weighted by atomic mass is 10.1. The number of hydrogen-bond donors (Lipinski definition) is 1. The summed E-state index contributed by atoms with van der Waals surface area (Å²) in [5.41, 5.74) is 1.67. The molecule has 1 aliphatic heterocycles. The number of aliphatic hydroxyl groups is 1. The van der Waals surface area contributed by atoms with E-state index >= 15 is 0 Å².